The van der Waals surface area contributed by atoms with Crippen molar-refractivity contribution >= 4 is 15.9 Å². The Morgan fingerprint density at radius 1 is 1.10 bits per heavy atom. The summed E-state index contributed by atoms with van der Waals surface area (Å²) in [5, 5.41) is 0. The van der Waals surface area contributed by atoms with Gasteiger partial charge >= 0.3 is 0 Å². The molecule has 0 spiro atoms. The van der Waals surface area contributed by atoms with Crippen LogP contribution in [0, 0.1) is 19.8 Å². The number of carbonyl (C=O) groups is 1. The number of para-hydroxylation sites is 1. The van der Waals surface area contributed by atoms with Crippen LogP contribution >= 0.6 is 0 Å². The number of hydrogen-bond acceptors (Lipinski definition) is 4. The summed E-state index contributed by atoms with van der Waals surface area (Å²) in [4.78, 5) is 14.8. The van der Waals surface area contributed by atoms with Crippen LogP contribution in [0.25, 0.3) is 0 Å². The van der Waals surface area contributed by atoms with Crippen LogP contribution in [0.3, 0.4) is 0 Å². The fraction of sp³-hybridized carbons (Fsp3) is 0.435. The number of aryl methyl sites for hydroxylation is 2. The van der Waals surface area contributed by atoms with Gasteiger partial charge in [0.25, 0.3) is 0 Å². The van der Waals surface area contributed by atoms with E-state index < -0.39 is 10.0 Å². The largest absolute Gasteiger partial charge is 0.492 e. The fourth-order valence-corrected chi connectivity index (χ4v) is 5.49. The predicted molar refractivity (Wildman–Crippen MR) is 117 cm³/mol. The van der Waals surface area contributed by atoms with Gasteiger partial charge in [0.1, 0.15) is 12.4 Å². The Morgan fingerprint density at radius 3 is 2.40 bits per heavy atom. The maximum Gasteiger partial charge on any atom is 0.243 e. The highest BCUT2D eigenvalue weighted by molar-refractivity contribution is 7.89. The molecule has 3 rings (SSSR count). The van der Waals surface area contributed by atoms with Crippen molar-refractivity contribution in [1.29, 1.82) is 0 Å². The quantitative estimate of drug-likeness (QED) is 0.676. The number of piperidine rings is 1. The summed E-state index contributed by atoms with van der Waals surface area (Å²) in [5.74, 6) is 0.677. The highest BCUT2D eigenvalue weighted by Gasteiger charge is 2.33. The van der Waals surface area contributed by atoms with Crippen LogP contribution in [0.15, 0.2) is 53.4 Å². The van der Waals surface area contributed by atoms with E-state index in [2.05, 4.69) is 0 Å². The van der Waals surface area contributed by atoms with Crippen LogP contribution in [-0.4, -0.2) is 56.8 Å². The van der Waals surface area contributed by atoms with Gasteiger partial charge in [-0.3, -0.25) is 4.79 Å². The van der Waals surface area contributed by atoms with Crippen LogP contribution in [0.1, 0.15) is 24.0 Å². The molecule has 0 saturated carbocycles. The van der Waals surface area contributed by atoms with Gasteiger partial charge in [-0.15, -0.1) is 0 Å². The van der Waals surface area contributed by atoms with Crippen molar-refractivity contribution in [2.45, 2.75) is 31.6 Å². The van der Waals surface area contributed by atoms with E-state index in [9.17, 15) is 13.2 Å². The zero-order chi connectivity index (χ0) is 21.7. The molecule has 0 N–H and O–H groups in total. The monoisotopic (exact) mass is 430 g/mol. The molecule has 0 atom stereocenters. The third kappa shape index (κ3) is 5.21. The van der Waals surface area contributed by atoms with Gasteiger partial charge in [0.2, 0.25) is 15.9 Å². The number of amides is 1. The molecule has 0 radical (unpaired) electrons. The minimum Gasteiger partial charge on any atom is -0.492 e. The van der Waals surface area contributed by atoms with Gasteiger partial charge in [-0.25, -0.2) is 8.42 Å². The van der Waals surface area contributed by atoms with Gasteiger partial charge in [0.05, 0.1) is 11.4 Å². The second-order valence-electron chi connectivity index (χ2n) is 7.87. The second kappa shape index (κ2) is 9.62. The predicted octanol–water partition coefficient (Wildman–Crippen LogP) is 3.24. The summed E-state index contributed by atoms with van der Waals surface area (Å²) in [6, 6.07) is 14.9. The van der Waals surface area contributed by atoms with Crippen molar-refractivity contribution < 1.29 is 17.9 Å². The lowest BCUT2D eigenvalue weighted by Gasteiger charge is -2.32. The maximum atomic E-state index is 13.0. The molecule has 2 aromatic carbocycles. The molecule has 1 heterocycles. The summed E-state index contributed by atoms with van der Waals surface area (Å²) in [6.45, 7) is 5.41. The normalized spacial score (nSPS) is 15.7. The molecule has 2 aromatic rings. The van der Waals surface area contributed by atoms with Crippen molar-refractivity contribution in [2.75, 3.05) is 33.3 Å². The Bertz CT molecular complexity index is 968. The Kier molecular flexibility index (Phi) is 7.15. The number of sulfonamides is 1. The number of likely N-dealkylation sites (N-methyl/N-ethyl adjacent to an activating group) is 1. The first-order chi connectivity index (χ1) is 14.3. The van der Waals surface area contributed by atoms with Gasteiger partial charge < -0.3 is 9.64 Å². The van der Waals surface area contributed by atoms with E-state index in [4.69, 9.17) is 4.74 Å². The van der Waals surface area contributed by atoms with E-state index in [0.717, 1.165) is 16.9 Å². The van der Waals surface area contributed by atoms with Gasteiger partial charge in [-0.2, -0.15) is 4.31 Å². The molecule has 162 valence electrons. The van der Waals surface area contributed by atoms with Crippen LogP contribution < -0.4 is 4.74 Å². The average Bonchev–Trinajstić information content (AvgIpc) is 2.73. The first-order valence-electron chi connectivity index (χ1n) is 10.3. The van der Waals surface area contributed by atoms with Crippen molar-refractivity contribution in [2.24, 2.45) is 5.92 Å². The topological polar surface area (TPSA) is 66.9 Å². The molecule has 0 aromatic heterocycles. The van der Waals surface area contributed by atoms with E-state index in [1.165, 1.54) is 4.31 Å². The van der Waals surface area contributed by atoms with E-state index in [0.29, 0.717) is 44.0 Å². The standard InChI is InChI=1S/C23H30N2O4S/c1-18-9-10-22(19(2)17-18)30(27,28)25-13-11-20(12-14-25)23(26)24(3)15-16-29-21-7-5-4-6-8-21/h4-10,17,20H,11-16H2,1-3H3. The van der Waals surface area contributed by atoms with Gasteiger partial charge in [0, 0.05) is 26.1 Å². The number of hydrogen-bond donors (Lipinski definition) is 0. The van der Waals surface area contributed by atoms with E-state index in [1.807, 2.05) is 56.3 Å². The Labute approximate surface area is 179 Å². The molecule has 0 unspecified atom stereocenters. The zero-order valence-electron chi connectivity index (χ0n) is 17.9. The molecule has 1 aliphatic rings. The minimum atomic E-state index is -3.54. The zero-order valence-corrected chi connectivity index (χ0v) is 18.7. The number of ether oxygens (including phenoxy) is 1. The Morgan fingerprint density at radius 2 is 1.77 bits per heavy atom. The van der Waals surface area contributed by atoms with E-state index in [-0.39, 0.29) is 11.8 Å². The SMILES string of the molecule is Cc1ccc(S(=O)(=O)N2CCC(C(=O)N(C)CCOc3ccccc3)CC2)c(C)c1. The molecule has 7 heteroatoms. The smallest absolute Gasteiger partial charge is 0.243 e. The summed E-state index contributed by atoms with van der Waals surface area (Å²) in [7, 11) is -1.76. The first-order valence-corrected chi connectivity index (χ1v) is 11.7. The van der Waals surface area contributed by atoms with Crippen molar-refractivity contribution in [1.82, 2.24) is 9.21 Å². The maximum absolute atomic E-state index is 13.0. The van der Waals surface area contributed by atoms with Crippen molar-refractivity contribution in [3.63, 3.8) is 0 Å². The molecule has 1 saturated heterocycles. The van der Waals surface area contributed by atoms with Crippen LogP contribution in [-0.2, 0) is 14.8 Å². The van der Waals surface area contributed by atoms with E-state index in [1.54, 1.807) is 18.0 Å². The number of nitrogens with zero attached hydrogens (tertiary/aromatic N) is 2. The second-order valence-corrected chi connectivity index (χ2v) is 9.77. The van der Waals surface area contributed by atoms with Crippen LogP contribution in [0.4, 0.5) is 0 Å². The van der Waals surface area contributed by atoms with Gasteiger partial charge in [-0.1, -0.05) is 35.9 Å². The lowest BCUT2D eigenvalue weighted by molar-refractivity contribution is -0.135. The van der Waals surface area contributed by atoms with Crippen LogP contribution in [0.2, 0.25) is 0 Å². The first kappa shape index (κ1) is 22.3. The highest BCUT2D eigenvalue weighted by Crippen LogP contribution is 2.27. The average molecular weight is 431 g/mol. The van der Waals surface area contributed by atoms with Crippen LogP contribution in [0.5, 0.6) is 5.75 Å². The Hall–Kier alpha value is -2.38. The lowest BCUT2D eigenvalue weighted by atomic mass is 9.97. The molecule has 1 fully saturated rings. The molecular formula is C23H30N2O4S. The van der Waals surface area contributed by atoms with Gasteiger partial charge in [-0.05, 0) is 50.5 Å². The van der Waals surface area contributed by atoms with Gasteiger partial charge in [0.15, 0.2) is 0 Å². The molecule has 1 amide bonds. The Balaban J connectivity index is 1.52. The third-order valence-electron chi connectivity index (χ3n) is 5.57. The molecule has 1 aliphatic heterocycles. The lowest BCUT2D eigenvalue weighted by Crippen LogP contribution is -2.44. The minimum absolute atomic E-state index is 0.0511. The van der Waals surface area contributed by atoms with E-state index >= 15 is 0 Å². The number of benzene rings is 2. The molecule has 6 nitrogen and oxygen atoms in total. The molecular weight excluding hydrogens is 400 g/mol. The molecule has 0 aliphatic carbocycles. The number of rotatable bonds is 7. The summed E-state index contributed by atoms with van der Waals surface area (Å²) >= 11 is 0. The molecule has 30 heavy (non-hydrogen) atoms. The summed E-state index contributed by atoms with van der Waals surface area (Å²) < 4.78 is 33.2. The third-order valence-corrected chi connectivity index (χ3v) is 7.63. The highest BCUT2D eigenvalue weighted by atomic mass is 32.2. The molecule has 0 bridgehead atoms. The van der Waals surface area contributed by atoms with Crippen molar-refractivity contribution in [3.05, 3.63) is 59.7 Å². The van der Waals surface area contributed by atoms with Crippen molar-refractivity contribution in [3.8, 4) is 5.75 Å². The fourth-order valence-electron chi connectivity index (χ4n) is 3.81. The summed E-state index contributed by atoms with van der Waals surface area (Å²) in [6.07, 6.45) is 1.07. The number of carbonyl (C=O) groups excluding carboxylic acids is 1. The summed E-state index contributed by atoms with van der Waals surface area (Å²) in [5.41, 5.74) is 1.79.